The highest BCUT2D eigenvalue weighted by atomic mass is 16.6. The summed E-state index contributed by atoms with van der Waals surface area (Å²) in [4.78, 5) is 40.7. The van der Waals surface area contributed by atoms with Gasteiger partial charge in [0.05, 0.1) is 43.0 Å². The van der Waals surface area contributed by atoms with Gasteiger partial charge in [-0.05, 0) is 44.4 Å². The Kier molecular flexibility index (Phi) is 11.1. The zero-order valence-corrected chi connectivity index (χ0v) is 29.2. The van der Waals surface area contributed by atoms with Crippen molar-refractivity contribution in [1.29, 1.82) is 0 Å². The van der Waals surface area contributed by atoms with Gasteiger partial charge in [0, 0.05) is 44.4 Å². The molecule has 2 aliphatic rings. The highest BCUT2D eigenvalue weighted by molar-refractivity contribution is 5.98. The fourth-order valence-electron chi connectivity index (χ4n) is 7.27. The molecular formula is C39H47N5O6. The molecule has 11 heteroatoms. The Balaban J connectivity index is 1.28. The number of piperazine rings is 1. The second-order valence-electron chi connectivity index (χ2n) is 13.3. The number of aromatic nitrogens is 3. The van der Waals surface area contributed by atoms with E-state index >= 15 is 0 Å². The fourth-order valence-corrected chi connectivity index (χ4v) is 7.27. The normalized spacial score (nSPS) is 20.8. The quantitative estimate of drug-likeness (QED) is 0.205. The fraction of sp³-hybridized carbons (Fsp3) is 0.436. The maximum atomic E-state index is 14.7. The molecule has 50 heavy (non-hydrogen) atoms. The van der Waals surface area contributed by atoms with Crippen LogP contribution in [0.25, 0.3) is 11.3 Å². The third-order valence-electron chi connectivity index (χ3n) is 9.82. The molecule has 264 valence electrons. The van der Waals surface area contributed by atoms with E-state index in [1.165, 1.54) is 0 Å². The number of ether oxygens (including phenoxy) is 3. The molecular weight excluding hydrogens is 634 g/mol. The first-order valence-electron chi connectivity index (χ1n) is 17.4. The maximum absolute atomic E-state index is 14.7. The van der Waals surface area contributed by atoms with Crippen LogP contribution in [0.3, 0.4) is 0 Å². The topological polar surface area (TPSA) is 119 Å². The number of hydrogen-bond acceptors (Lipinski definition) is 8. The van der Waals surface area contributed by atoms with Crippen molar-refractivity contribution in [2.75, 3.05) is 40.0 Å². The molecule has 0 bridgehead atoms. The monoisotopic (exact) mass is 681 g/mol. The standard InChI is InChI=1S/C39H47N5O6/c1-28-17-18-33(29(2)41-28)49-23-19-32-24-42(38(46)50-25-30-12-6-4-7-13-30)21-22-43(32)37(45)35-36(31-14-8-5-9-15-31)44(27-40-35)34-16-10-11-20-39(34,47)26-48-3/h4-9,12-15,17-18,27,32,34,47H,10-11,16,19-26H2,1-3H3/t32-,34-,39-/m1/s1. The van der Waals surface area contributed by atoms with Crippen molar-refractivity contribution in [1.82, 2.24) is 24.3 Å². The predicted octanol–water partition coefficient (Wildman–Crippen LogP) is 5.99. The number of rotatable bonds is 11. The van der Waals surface area contributed by atoms with Crippen LogP contribution in [0.4, 0.5) is 4.79 Å². The Labute approximate surface area is 293 Å². The molecule has 2 fully saturated rings. The summed E-state index contributed by atoms with van der Waals surface area (Å²) in [6.45, 7) is 5.41. The summed E-state index contributed by atoms with van der Waals surface area (Å²) in [6, 6.07) is 22.4. The average Bonchev–Trinajstić information content (AvgIpc) is 3.57. The Morgan fingerprint density at radius 2 is 1.74 bits per heavy atom. The number of aryl methyl sites for hydroxylation is 2. The third kappa shape index (κ3) is 7.84. The summed E-state index contributed by atoms with van der Waals surface area (Å²) >= 11 is 0. The summed E-state index contributed by atoms with van der Waals surface area (Å²) in [5.74, 6) is 0.453. The van der Waals surface area contributed by atoms with Crippen LogP contribution in [-0.4, -0.2) is 93.0 Å². The molecule has 0 unspecified atom stereocenters. The van der Waals surface area contributed by atoms with E-state index in [-0.39, 0.29) is 37.7 Å². The minimum absolute atomic E-state index is 0.167. The second kappa shape index (κ2) is 15.9. The Hall–Kier alpha value is -4.74. The molecule has 1 aliphatic heterocycles. The van der Waals surface area contributed by atoms with Crippen molar-refractivity contribution in [2.45, 2.75) is 70.2 Å². The lowest BCUT2D eigenvalue weighted by Gasteiger charge is -2.41. The van der Waals surface area contributed by atoms with Gasteiger partial charge in [0.1, 0.15) is 18.0 Å². The zero-order chi connectivity index (χ0) is 35.1. The van der Waals surface area contributed by atoms with E-state index in [4.69, 9.17) is 19.2 Å². The van der Waals surface area contributed by atoms with Crippen LogP contribution in [0.2, 0.25) is 0 Å². The van der Waals surface area contributed by atoms with Gasteiger partial charge < -0.3 is 33.7 Å². The molecule has 4 aromatic rings. The van der Waals surface area contributed by atoms with Crippen molar-refractivity contribution >= 4 is 12.0 Å². The number of hydrogen-bond donors (Lipinski definition) is 1. The number of amides is 2. The van der Waals surface area contributed by atoms with E-state index < -0.39 is 11.7 Å². The Bertz CT molecular complexity index is 1740. The molecule has 2 aromatic heterocycles. The van der Waals surface area contributed by atoms with Gasteiger partial charge in [0.25, 0.3) is 5.91 Å². The summed E-state index contributed by atoms with van der Waals surface area (Å²) in [5.41, 5.74) is 3.33. The first kappa shape index (κ1) is 35.1. The smallest absolute Gasteiger partial charge is 0.410 e. The lowest BCUT2D eigenvalue weighted by Crippen LogP contribution is -2.57. The van der Waals surface area contributed by atoms with Crippen LogP contribution in [0.5, 0.6) is 5.75 Å². The van der Waals surface area contributed by atoms with Crippen LogP contribution in [0.15, 0.2) is 79.1 Å². The molecule has 0 radical (unpaired) electrons. The van der Waals surface area contributed by atoms with E-state index in [2.05, 4.69) is 4.98 Å². The largest absolute Gasteiger partial charge is 0.492 e. The molecule has 3 heterocycles. The van der Waals surface area contributed by atoms with Crippen molar-refractivity contribution in [3.63, 3.8) is 0 Å². The number of nitrogens with zero attached hydrogens (tertiary/aromatic N) is 5. The summed E-state index contributed by atoms with van der Waals surface area (Å²) in [7, 11) is 1.60. The Morgan fingerprint density at radius 3 is 2.48 bits per heavy atom. The van der Waals surface area contributed by atoms with Crippen LogP contribution >= 0.6 is 0 Å². The molecule has 1 saturated heterocycles. The van der Waals surface area contributed by atoms with E-state index in [0.717, 1.165) is 41.8 Å². The number of imidazole rings is 1. The maximum Gasteiger partial charge on any atom is 0.410 e. The van der Waals surface area contributed by atoms with Crippen LogP contribution in [-0.2, 0) is 16.1 Å². The molecule has 3 atom stereocenters. The third-order valence-corrected chi connectivity index (χ3v) is 9.82. The predicted molar refractivity (Wildman–Crippen MR) is 189 cm³/mol. The van der Waals surface area contributed by atoms with E-state index in [1.807, 2.05) is 96.1 Å². The SMILES string of the molecule is COC[C@]1(O)CCCC[C@H]1n1cnc(C(=O)N2CCN(C(=O)OCc3ccccc3)C[C@H]2CCOc2ccc(C)nc2C)c1-c1ccccc1. The van der Waals surface area contributed by atoms with Gasteiger partial charge in [-0.2, -0.15) is 0 Å². The number of aliphatic hydroxyl groups is 1. The van der Waals surface area contributed by atoms with Gasteiger partial charge in [-0.15, -0.1) is 0 Å². The van der Waals surface area contributed by atoms with E-state index in [0.29, 0.717) is 49.7 Å². The number of pyridine rings is 1. The summed E-state index contributed by atoms with van der Waals surface area (Å²) in [6.07, 6.45) is 4.93. The minimum Gasteiger partial charge on any atom is -0.492 e. The van der Waals surface area contributed by atoms with Crippen molar-refractivity contribution < 1.29 is 28.9 Å². The van der Waals surface area contributed by atoms with Gasteiger partial charge in [0.2, 0.25) is 0 Å². The highest BCUT2D eigenvalue weighted by Gasteiger charge is 2.43. The van der Waals surface area contributed by atoms with Gasteiger partial charge in [-0.25, -0.2) is 9.78 Å². The van der Waals surface area contributed by atoms with Crippen molar-refractivity contribution in [2.24, 2.45) is 0 Å². The van der Waals surface area contributed by atoms with Gasteiger partial charge >= 0.3 is 6.09 Å². The van der Waals surface area contributed by atoms with Gasteiger partial charge in [0.15, 0.2) is 5.69 Å². The first-order valence-corrected chi connectivity index (χ1v) is 17.4. The first-order chi connectivity index (χ1) is 24.3. The summed E-state index contributed by atoms with van der Waals surface area (Å²) < 4.78 is 19.3. The molecule has 1 aliphatic carbocycles. The molecule has 2 aromatic carbocycles. The number of carbonyl (C=O) groups is 2. The molecule has 1 N–H and O–H groups in total. The van der Waals surface area contributed by atoms with Crippen molar-refractivity contribution in [3.05, 3.63) is 102 Å². The number of methoxy groups -OCH3 is 1. The van der Waals surface area contributed by atoms with Crippen LogP contribution < -0.4 is 4.74 Å². The second-order valence-corrected chi connectivity index (χ2v) is 13.3. The summed E-state index contributed by atoms with van der Waals surface area (Å²) in [5, 5.41) is 11.8. The van der Waals surface area contributed by atoms with Gasteiger partial charge in [-0.3, -0.25) is 9.78 Å². The Morgan fingerprint density at radius 1 is 0.980 bits per heavy atom. The minimum atomic E-state index is -1.09. The average molecular weight is 682 g/mol. The van der Waals surface area contributed by atoms with Crippen molar-refractivity contribution in [3.8, 4) is 17.0 Å². The lowest BCUT2D eigenvalue weighted by atomic mass is 9.80. The van der Waals surface area contributed by atoms with Gasteiger partial charge in [-0.1, -0.05) is 73.5 Å². The molecule has 6 rings (SSSR count). The zero-order valence-electron chi connectivity index (χ0n) is 29.2. The van der Waals surface area contributed by atoms with E-state index in [9.17, 15) is 14.7 Å². The number of carbonyl (C=O) groups excluding carboxylic acids is 2. The van der Waals surface area contributed by atoms with E-state index in [1.54, 1.807) is 18.3 Å². The highest BCUT2D eigenvalue weighted by Crippen LogP contribution is 2.41. The molecule has 1 saturated carbocycles. The molecule has 11 nitrogen and oxygen atoms in total. The lowest BCUT2D eigenvalue weighted by molar-refractivity contribution is -0.0893. The molecule has 2 amide bonds. The van der Waals surface area contributed by atoms with Crippen LogP contribution in [0, 0.1) is 13.8 Å². The number of benzene rings is 2. The van der Waals surface area contributed by atoms with Crippen LogP contribution in [0.1, 0.15) is 65.6 Å². The molecule has 0 spiro atoms.